The lowest BCUT2D eigenvalue weighted by Gasteiger charge is -2.09. The van der Waals surface area contributed by atoms with E-state index in [4.69, 9.17) is 10.2 Å². The highest BCUT2D eigenvalue weighted by Crippen LogP contribution is 2.21. The first-order chi connectivity index (χ1) is 9.28. The molecule has 2 rings (SSSR count). The van der Waals surface area contributed by atoms with Crippen molar-refractivity contribution < 1.29 is 4.84 Å². The molecule has 2 N–H and O–H groups in total. The van der Waals surface area contributed by atoms with Gasteiger partial charge in [0.15, 0.2) is 0 Å². The van der Waals surface area contributed by atoms with Gasteiger partial charge >= 0.3 is 0 Å². The third-order valence-electron chi connectivity index (χ3n) is 3.29. The van der Waals surface area contributed by atoms with Crippen LogP contribution in [0.2, 0.25) is 0 Å². The number of rotatable bonds is 6. The van der Waals surface area contributed by atoms with E-state index >= 15 is 0 Å². The topological polar surface area (TPSA) is 57.5 Å². The van der Waals surface area contributed by atoms with Gasteiger partial charge < -0.3 is 15.6 Å². The highest BCUT2D eigenvalue weighted by atomic mass is 16.6. The number of aryl methyl sites for hydroxylation is 1. The Bertz CT molecular complexity index is 482. The number of oxime groups is 1. The van der Waals surface area contributed by atoms with E-state index in [1.807, 2.05) is 13.1 Å². The second kappa shape index (κ2) is 6.48. The fourth-order valence-electron chi connectivity index (χ4n) is 2.39. The molecule has 1 aliphatic rings. The van der Waals surface area contributed by atoms with Crippen molar-refractivity contribution in [1.82, 2.24) is 5.32 Å². The van der Waals surface area contributed by atoms with Gasteiger partial charge in [0.1, 0.15) is 6.10 Å². The average molecular weight is 259 g/mol. The molecule has 0 radical (unpaired) electrons. The van der Waals surface area contributed by atoms with Crippen molar-refractivity contribution in [2.45, 2.75) is 32.3 Å². The highest BCUT2D eigenvalue weighted by Gasteiger charge is 2.22. The zero-order chi connectivity index (χ0) is 13.7. The molecule has 0 saturated heterocycles. The van der Waals surface area contributed by atoms with Crippen LogP contribution in [0.4, 0.5) is 0 Å². The zero-order valence-electron chi connectivity index (χ0n) is 11.6. The first kappa shape index (κ1) is 13.7. The number of hydrogen-bond acceptors (Lipinski definition) is 4. The summed E-state index contributed by atoms with van der Waals surface area (Å²) in [5, 5.41) is 14.7. The van der Waals surface area contributed by atoms with E-state index in [-0.39, 0.29) is 6.10 Å². The summed E-state index contributed by atoms with van der Waals surface area (Å²) in [6.45, 7) is 2.98. The maximum atomic E-state index is 7.35. The van der Waals surface area contributed by atoms with Gasteiger partial charge in [-0.3, -0.25) is 0 Å². The van der Waals surface area contributed by atoms with Crippen LogP contribution >= 0.6 is 0 Å². The molecule has 0 amide bonds. The van der Waals surface area contributed by atoms with Gasteiger partial charge in [-0.05, 0) is 30.7 Å². The SMILES string of the molecule is CCCc1cc(C=N)ccc1C1=NOC(CNC)C1. The minimum absolute atomic E-state index is 0.136. The molecule has 0 fully saturated rings. The molecule has 1 atom stereocenters. The van der Waals surface area contributed by atoms with Gasteiger partial charge in [0.25, 0.3) is 0 Å². The Morgan fingerprint density at radius 3 is 3.05 bits per heavy atom. The molecule has 0 bridgehead atoms. The molecular formula is C15H21N3O. The predicted octanol–water partition coefficient (Wildman–Crippen LogP) is 2.35. The smallest absolute Gasteiger partial charge is 0.145 e. The lowest BCUT2D eigenvalue weighted by molar-refractivity contribution is 0.0866. The van der Waals surface area contributed by atoms with E-state index in [0.717, 1.165) is 37.1 Å². The molecule has 4 heteroatoms. The van der Waals surface area contributed by atoms with Gasteiger partial charge in [-0.15, -0.1) is 0 Å². The monoisotopic (exact) mass is 259 g/mol. The van der Waals surface area contributed by atoms with Crippen LogP contribution in [0.3, 0.4) is 0 Å². The normalized spacial score (nSPS) is 18.0. The van der Waals surface area contributed by atoms with E-state index in [0.29, 0.717) is 0 Å². The lowest BCUT2D eigenvalue weighted by Crippen LogP contribution is -2.23. The fraction of sp³-hybridized carbons (Fsp3) is 0.467. The Hall–Kier alpha value is -1.68. The van der Waals surface area contributed by atoms with Crippen LogP contribution in [0.15, 0.2) is 23.4 Å². The Kier molecular flexibility index (Phi) is 4.68. The van der Waals surface area contributed by atoms with Crippen LogP contribution < -0.4 is 5.32 Å². The molecular weight excluding hydrogens is 238 g/mol. The minimum atomic E-state index is 0.136. The third-order valence-corrected chi connectivity index (χ3v) is 3.29. The number of benzene rings is 1. The summed E-state index contributed by atoms with van der Waals surface area (Å²) in [4.78, 5) is 5.43. The van der Waals surface area contributed by atoms with Gasteiger partial charge in [0.05, 0.1) is 5.71 Å². The van der Waals surface area contributed by atoms with Crippen molar-refractivity contribution in [3.63, 3.8) is 0 Å². The van der Waals surface area contributed by atoms with Crippen molar-refractivity contribution >= 4 is 11.9 Å². The van der Waals surface area contributed by atoms with Crippen LogP contribution in [-0.2, 0) is 11.3 Å². The Balaban J connectivity index is 2.22. The summed E-state index contributed by atoms with van der Waals surface area (Å²) < 4.78 is 0. The van der Waals surface area contributed by atoms with E-state index in [9.17, 15) is 0 Å². The first-order valence-electron chi connectivity index (χ1n) is 6.79. The fourth-order valence-corrected chi connectivity index (χ4v) is 2.39. The number of nitrogens with zero attached hydrogens (tertiary/aromatic N) is 1. The highest BCUT2D eigenvalue weighted by molar-refractivity contribution is 6.03. The van der Waals surface area contributed by atoms with Crippen molar-refractivity contribution in [1.29, 1.82) is 5.41 Å². The molecule has 1 aromatic rings. The summed E-state index contributed by atoms with van der Waals surface area (Å²) in [6, 6.07) is 6.12. The van der Waals surface area contributed by atoms with Crippen molar-refractivity contribution in [2.75, 3.05) is 13.6 Å². The summed E-state index contributed by atoms with van der Waals surface area (Å²) in [5.41, 5.74) is 4.40. The second-order valence-electron chi connectivity index (χ2n) is 4.84. The molecule has 0 saturated carbocycles. The van der Waals surface area contributed by atoms with Gasteiger partial charge in [0, 0.05) is 24.7 Å². The maximum Gasteiger partial charge on any atom is 0.145 e. The molecule has 0 aromatic heterocycles. The number of hydrogen-bond donors (Lipinski definition) is 2. The maximum absolute atomic E-state index is 7.35. The quantitative estimate of drug-likeness (QED) is 0.770. The summed E-state index contributed by atoms with van der Waals surface area (Å²) in [5.74, 6) is 0. The molecule has 0 spiro atoms. The van der Waals surface area contributed by atoms with Crippen LogP contribution in [-0.4, -0.2) is 31.6 Å². The van der Waals surface area contributed by atoms with Crippen LogP contribution in [0.25, 0.3) is 0 Å². The van der Waals surface area contributed by atoms with Gasteiger partial charge in [-0.25, -0.2) is 0 Å². The summed E-state index contributed by atoms with van der Waals surface area (Å²) >= 11 is 0. The van der Waals surface area contributed by atoms with Crippen molar-refractivity contribution in [3.8, 4) is 0 Å². The zero-order valence-corrected chi connectivity index (χ0v) is 11.6. The van der Waals surface area contributed by atoms with Gasteiger partial charge in [0.2, 0.25) is 0 Å². The largest absolute Gasteiger partial charge is 0.390 e. The van der Waals surface area contributed by atoms with Gasteiger partial charge in [-0.2, -0.15) is 0 Å². The Labute approximate surface area is 114 Å². The van der Waals surface area contributed by atoms with E-state index in [1.54, 1.807) is 0 Å². The Morgan fingerprint density at radius 2 is 2.37 bits per heavy atom. The molecule has 102 valence electrons. The lowest BCUT2D eigenvalue weighted by atomic mass is 9.95. The predicted molar refractivity (Wildman–Crippen MR) is 78.3 cm³/mol. The molecule has 19 heavy (non-hydrogen) atoms. The molecule has 1 heterocycles. The molecule has 1 aromatic carbocycles. The van der Waals surface area contributed by atoms with E-state index in [2.05, 4.69) is 29.5 Å². The van der Waals surface area contributed by atoms with Crippen LogP contribution in [0.5, 0.6) is 0 Å². The van der Waals surface area contributed by atoms with Gasteiger partial charge in [-0.1, -0.05) is 30.6 Å². The van der Waals surface area contributed by atoms with E-state index < -0.39 is 0 Å². The minimum Gasteiger partial charge on any atom is -0.390 e. The summed E-state index contributed by atoms with van der Waals surface area (Å²) in [7, 11) is 1.92. The van der Waals surface area contributed by atoms with Crippen LogP contribution in [0, 0.1) is 5.41 Å². The third kappa shape index (κ3) is 3.20. The molecule has 1 aliphatic heterocycles. The second-order valence-corrected chi connectivity index (χ2v) is 4.84. The van der Waals surface area contributed by atoms with Crippen LogP contribution in [0.1, 0.15) is 36.5 Å². The van der Waals surface area contributed by atoms with Crippen molar-refractivity contribution in [2.24, 2.45) is 5.16 Å². The molecule has 4 nitrogen and oxygen atoms in total. The molecule has 0 aliphatic carbocycles. The summed E-state index contributed by atoms with van der Waals surface area (Å²) in [6.07, 6.45) is 4.47. The van der Waals surface area contributed by atoms with E-state index in [1.165, 1.54) is 17.3 Å². The van der Waals surface area contributed by atoms with Crippen molar-refractivity contribution in [3.05, 3.63) is 34.9 Å². The molecule has 1 unspecified atom stereocenters. The number of likely N-dealkylation sites (N-methyl/N-ethyl adjacent to an activating group) is 1. The first-order valence-corrected chi connectivity index (χ1v) is 6.79. The average Bonchev–Trinajstić information content (AvgIpc) is 2.88. The standard InChI is InChI=1S/C15H21N3O/c1-3-4-12-7-11(9-16)5-6-14(12)15-8-13(10-17-2)19-18-15/h5-7,9,13,16-17H,3-4,8,10H2,1-2H3. The number of nitrogens with one attached hydrogen (secondary N) is 2. The Morgan fingerprint density at radius 1 is 1.53 bits per heavy atom.